The Morgan fingerprint density at radius 1 is 1.10 bits per heavy atom. The van der Waals surface area contributed by atoms with Gasteiger partial charge in [-0.3, -0.25) is 25.1 Å². The molecule has 1 rings (SSSR count). The van der Waals surface area contributed by atoms with E-state index in [2.05, 4.69) is 0 Å². The zero-order valence-corrected chi connectivity index (χ0v) is 11.1. The molecule has 0 atom stereocenters. The van der Waals surface area contributed by atoms with Crippen LogP contribution in [0.3, 0.4) is 0 Å². The van der Waals surface area contributed by atoms with E-state index in [4.69, 9.17) is 0 Å². The molecule has 0 saturated carbocycles. The van der Waals surface area contributed by atoms with Gasteiger partial charge in [0.2, 0.25) is 0 Å². The quantitative estimate of drug-likeness (QED) is 0.671. The van der Waals surface area contributed by atoms with Gasteiger partial charge in [-0.1, -0.05) is 0 Å². The van der Waals surface area contributed by atoms with Crippen molar-refractivity contribution >= 4 is 23.2 Å². The van der Waals surface area contributed by atoms with Crippen LogP contribution >= 0.6 is 0 Å². The third kappa shape index (κ3) is 3.19. The zero-order valence-electron chi connectivity index (χ0n) is 11.1. The minimum atomic E-state index is -1.35. The first-order valence-electron chi connectivity index (χ1n) is 5.51. The van der Waals surface area contributed by atoms with Crippen LogP contribution in [0.2, 0.25) is 0 Å². The summed E-state index contributed by atoms with van der Waals surface area (Å²) in [4.78, 5) is 32.1. The van der Waals surface area contributed by atoms with E-state index in [0.717, 1.165) is 23.1 Å². The van der Waals surface area contributed by atoms with Crippen molar-refractivity contribution in [3.63, 3.8) is 0 Å². The van der Waals surface area contributed by atoms with Gasteiger partial charge in [-0.05, 0) is 20.8 Å². The molecule has 0 aliphatic heterocycles. The van der Waals surface area contributed by atoms with Gasteiger partial charge in [0, 0.05) is 17.7 Å². The van der Waals surface area contributed by atoms with Gasteiger partial charge in [0.15, 0.2) is 0 Å². The number of rotatable bonds is 3. The first kappa shape index (κ1) is 15.3. The summed E-state index contributed by atoms with van der Waals surface area (Å²) in [5.41, 5.74) is -2.10. The third-order valence-electron chi connectivity index (χ3n) is 2.43. The third-order valence-corrected chi connectivity index (χ3v) is 2.43. The summed E-state index contributed by atoms with van der Waals surface area (Å²) in [5.74, 6) is 0. The van der Waals surface area contributed by atoms with E-state index < -0.39 is 32.9 Å². The Hall–Kier alpha value is -2.71. The van der Waals surface area contributed by atoms with Gasteiger partial charge in [0.1, 0.15) is 0 Å². The molecule has 1 aromatic rings. The van der Waals surface area contributed by atoms with E-state index in [0.29, 0.717) is 0 Å². The van der Waals surface area contributed by atoms with Crippen molar-refractivity contribution in [3.8, 4) is 0 Å². The highest BCUT2D eigenvalue weighted by atomic mass is 16.6. The summed E-state index contributed by atoms with van der Waals surface area (Å²) in [7, 11) is 0. The van der Waals surface area contributed by atoms with E-state index in [1.54, 1.807) is 20.8 Å². The first-order valence-corrected chi connectivity index (χ1v) is 5.51. The standard InChI is InChI=1S/C11H13N3O6/c1-11(2,3)12(10(15)16)7-4-8(13(17)18)6-9(5-7)14(19)20/h4-6H,1-3H3,(H,15,16). The molecule has 0 aliphatic carbocycles. The Labute approximate surface area is 113 Å². The molecule has 0 radical (unpaired) electrons. The SMILES string of the molecule is CC(C)(C)N(C(=O)O)c1cc([N+](=O)[O-])cc([N+](=O)[O-])c1. The molecule has 1 N–H and O–H groups in total. The Morgan fingerprint density at radius 3 is 1.75 bits per heavy atom. The van der Waals surface area contributed by atoms with E-state index in [9.17, 15) is 30.1 Å². The molecule has 108 valence electrons. The molecular formula is C11H13N3O6. The molecule has 0 aromatic heterocycles. The van der Waals surface area contributed by atoms with Crippen LogP contribution in [-0.2, 0) is 0 Å². The van der Waals surface area contributed by atoms with Crippen molar-refractivity contribution in [3.05, 3.63) is 38.4 Å². The number of benzene rings is 1. The monoisotopic (exact) mass is 283 g/mol. The smallest absolute Gasteiger partial charge is 0.412 e. The summed E-state index contributed by atoms with van der Waals surface area (Å²) in [6, 6.07) is 2.77. The molecular weight excluding hydrogens is 270 g/mol. The number of hydrogen-bond donors (Lipinski definition) is 1. The van der Waals surface area contributed by atoms with Crippen LogP contribution in [0.1, 0.15) is 20.8 Å². The molecule has 1 amide bonds. The van der Waals surface area contributed by atoms with Gasteiger partial charge < -0.3 is 5.11 Å². The average Bonchev–Trinajstić information content (AvgIpc) is 2.25. The molecule has 0 spiro atoms. The van der Waals surface area contributed by atoms with Crippen LogP contribution < -0.4 is 4.90 Å². The molecule has 1 aromatic carbocycles. The van der Waals surface area contributed by atoms with Crippen LogP contribution in [0.25, 0.3) is 0 Å². The second kappa shape index (κ2) is 5.11. The maximum Gasteiger partial charge on any atom is 0.412 e. The number of carbonyl (C=O) groups is 1. The summed E-state index contributed by atoms with van der Waals surface area (Å²) in [5, 5.41) is 30.8. The van der Waals surface area contributed by atoms with Gasteiger partial charge in [-0.25, -0.2) is 4.79 Å². The number of carboxylic acid groups (broad SMARTS) is 1. The van der Waals surface area contributed by atoms with Crippen LogP contribution in [0.4, 0.5) is 21.9 Å². The Kier molecular flexibility index (Phi) is 3.92. The van der Waals surface area contributed by atoms with Crippen LogP contribution in [-0.4, -0.2) is 26.6 Å². The number of anilines is 1. The van der Waals surface area contributed by atoms with E-state index in [-0.39, 0.29) is 5.69 Å². The lowest BCUT2D eigenvalue weighted by Crippen LogP contribution is -2.45. The predicted molar refractivity (Wildman–Crippen MR) is 70.0 cm³/mol. The molecule has 0 fully saturated rings. The van der Waals surface area contributed by atoms with Crippen molar-refractivity contribution in [1.82, 2.24) is 0 Å². The molecule has 20 heavy (non-hydrogen) atoms. The number of non-ortho nitro benzene ring substituents is 2. The van der Waals surface area contributed by atoms with Crippen molar-refractivity contribution in [2.75, 3.05) is 4.90 Å². The van der Waals surface area contributed by atoms with E-state index in [1.165, 1.54) is 0 Å². The summed E-state index contributed by atoms with van der Waals surface area (Å²) >= 11 is 0. The lowest BCUT2D eigenvalue weighted by Gasteiger charge is -2.32. The van der Waals surface area contributed by atoms with Gasteiger partial charge in [0.25, 0.3) is 11.4 Å². The van der Waals surface area contributed by atoms with Gasteiger partial charge in [-0.15, -0.1) is 0 Å². The molecule has 0 unspecified atom stereocenters. The van der Waals surface area contributed by atoms with E-state index in [1.807, 2.05) is 0 Å². The van der Waals surface area contributed by atoms with Gasteiger partial charge in [-0.2, -0.15) is 0 Å². The lowest BCUT2D eigenvalue weighted by atomic mass is 10.1. The molecule has 0 saturated heterocycles. The fraction of sp³-hybridized carbons (Fsp3) is 0.364. The van der Waals surface area contributed by atoms with E-state index >= 15 is 0 Å². The number of nitrogens with zero attached hydrogens (tertiary/aromatic N) is 3. The average molecular weight is 283 g/mol. The summed E-state index contributed by atoms with van der Waals surface area (Å²) < 4.78 is 0. The topological polar surface area (TPSA) is 127 Å². The van der Waals surface area contributed by atoms with Crippen LogP contribution in [0.5, 0.6) is 0 Å². The van der Waals surface area contributed by atoms with Gasteiger partial charge in [0.05, 0.1) is 21.6 Å². The maximum atomic E-state index is 11.3. The van der Waals surface area contributed by atoms with Crippen molar-refractivity contribution in [2.24, 2.45) is 0 Å². The minimum absolute atomic E-state index is 0.120. The Morgan fingerprint density at radius 2 is 1.50 bits per heavy atom. The summed E-state index contributed by atoms with van der Waals surface area (Å²) in [6.45, 7) is 4.73. The predicted octanol–water partition coefficient (Wildman–Crippen LogP) is 2.79. The van der Waals surface area contributed by atoms with Crippen molar-refractivity contribution in [1.29, 1.82) is 0 Å². The Balaban J connectivity index is 3.53. The molecule has 0 aliphatic rings. The first-order chi connectivity index (χ1) is 9.04. The minimum Gasteiger partial charge on any atom is -0.465 e. The molecule has 9 heteroatoms. The van der Waals surface area contributed by atoms with Crippen molar-refractivity contribution < 1.29 is 19.7 Å². The second-order valence-electron chi connectivity index (χ2n) is 5.01. The molecule has 9 nitrogen and oxygen atoms in total. The number of hydrogen-bond acceptors (Lipinski definition) is 5. The maximum absolute atomic E-state index is 11.3. The largest absolute Gasteiger partial charge is 0.465 e. The number of amides is 1. The molecule has 0 bridgehead atoms. The zero-order chi connectivity index (χ0) is 15.7. The Bertz CT molecular complexity index is 546. The van der Waals surface area contributed by atoms with Crippen LogP contribution in [0, 0.1) is 20.2 Å². The van der Waals surface area contributed by atoms with Crippen LogP contribution in [0.15, 0.2) is 18.2 Å². The number of nitro groups is 2. The highest BCUT2D eigenvalue weighted by Gasteiger charge is 2.30. The number of nitro benzene ring substituents is 2. The van der Waals surface area contributed by atoms with Crippen molar-refractivity contribution in [2.45, 2.75) is 26.3 Å². The fourth-order valence-electron chi connectivity index (χ4n) is 1.70. The fourth-order valence-corrected chi connectivity index (χ4v) is 1.70. The molecule has 0 heterocycles. The normalized spacial score (nSPS) is 10.9. The van der Waals surface area contributed by atoms with Gasteiger partial charge >= 0.3 is 6.09 Å². The lowest BCUT2D eigenvalue weighted by molar-refractivity contribution is -0.394. The summed E-state index contributed by atoms with van der Waals surface area (Å²) in [6.07, 6.45) is -1.35. The second-order valence-corrected chi connectivity index (χ2v) is 5.01. The highest BCUT2D eigenvalue weighted by molar-refractivity contribution is 5.88. The highest BCUT2D eigenvalue weighted by Crippen LogP contribution is 2.32.